The predicted molar refractivity (Wildman–Crippen MR) is 260 cm³/mol. The number of furan rings is 1. The Bertz CT molecular complexity index is 2750. The van der Waals surface area contributed by atoms with Crippen LogP contribution in [0.25, 0.3) is 0 Å². The van der Waals surface area contributed by atoms with Gasteiger partial charge in [0.1, 0.15) is 41.2 Å². The van der Waals surface area contributed by atoms with Crippen molar-refractivity contribution in [2.24, 2.45) is 91.2 Å². The SMILES string of the molecule is C[C@]12[C@H](O)C(=O)[C@H]3[C@]45COC(=O)[C@]67CC[C@@H]8CC9(CCCC9)C[C@@]89CC[C@H](CC8=CC[C@]3(C)O[C@]846)[C@@]97C[C@H](C[C@@]3(C)[C@H](c4ccoc4C[C@@H]([C@H]4CC[C@H]6[C@H](C=CN7CNC[C@@H]67)C4)[C@H](O)CO)OC(=O)[C@H]4O[C@@]413)[C@@H]25. The van der Waals surface area contributed by atoms with E-state index in [0.717, 1.165) is 76.6 Å². The molecule has 9 aliphatic carbocycles. The maximum Gasteiger partial charge on any atom is 0.339 e. The minimum absolute atomic E-state index is 0.0572. The highest BCUT2D eigenvalue weighted by atomic mass is 16.7. The highest BCUT2D eigenvalue weighted by Gasteiger charge is 3.00. The number of nitrogens with zero attached hydrogens (tertiary/aromatic N) is 1. The second-order valence-electron chi connectivity index (χ2n) is 28.9. The lowest BCUT2D eigenvalue weighted by atomic mass is 9.29. The van der Waals surface area contributed by atoms with E-state index < -0.39 is 80.2 Å². The molecule has 8 heterocycles. The zero-order valence-corrected chi connectivity index (χ0v) is 43.1. The van der Waals surface area contributed by atoms with Crippen molar-refractivity contribution in [3.8, 4) is 0 Å². The number of hydrogen-bond donors (Lipinski definition) is 4. The number of ketones is 1. The zero-order chi connectivity index (χ0) is 49.5. The number of aliphatic hydroxyl groups is 3. The Morgan fingerprint density at radius 2 is 1.81 bits per heavy atom. The number of allylic oxidation sites excluding steroid dienone is 1. The molecule has 4 N–H and O–H groups in total. The largest absolute Gasteiger partial charge is 0.469 e. The van der Waals surface area contributed by atoms with Crippen LogP contribution in [0.1, 0.15) is 147 Å². The lowest BCUT2D eigenvalue weighted by Crippen LogP contribution is -2.83. The van der Waals surface area contributed by atoms with Gasteiger partial charge in [0.05, 0.1) is 42.6 Å². The van der Waals surface area contributed by atoms with E-state index >= 15 is 9.59 Å². The number of aliphatic hydroxyl groups excluding tert-OH is 3. The Kier molecular flexibility index (Phi) is 8.38. The smallest absolute Gasteiger partial charge is 0.339 e. The molecule has 14 fully saturated rings. The number of nitrogens with one attached hydrogen (secondary N) is 1. The molecule has 13 nitrogen and oxygen atoms in total. The first-order valence-corrected chi connectivity index (χ1v) is 29.3. The van der Waals surface area contributed by atoms with E-state index in [2.05, 4.69) is 49.3 Å². The van der Waals surface area contributed by atoms with Gasteiger partial charge in [0, 0.05) is 35.4 Å². The van der Waals surface area contributed by atoms with Crippen LogP contribution in [0, 0.1) is 91.2 Å². The zero-order valence-electron chi connectivity index (χ0n) is 43.1. The van der Waals surface area contributed by atoms with Crippen molar-refractivity contribution in [1.82, 2.24) is 10.2 Å². The van der Waals surface area contributed by atoms with Gasteiger partial charge in [0.25, 0.3) is 0 Å². The van der Waals surface area contributed by atoms with Crippen LogP contribution in [0.4, 0.5) is 0 Å². The molecule has 7 spiro atoms. The van der Waals surface area contributed by atoms with Crippen LogP contribution in [0.3, 0.4) is 0 Å². The topological polar surface area (TPSA) is 181 Å². The average molecular weight is 1000 g/mol. The summed E-state index contributed by atoms with van der Waals surface area (Å²) in [5.41, 5.74) is -5.90. The predicted octanol–water partition coefficient (Wildman–Crippen LogP) is 6.87. The molecule has 0 radical (unpaired) electrons. The Morgan fingerprint density at radius 3 is 2.64 bits per heavy atom. The molecule has 9 saturated carbocycles. The monoisotopic (exact) mass is 1000 g/mol. The first-order valence-electron chi connectivity index (χ1n) is 29.3. The van der Waals surface area contributed by atoms with Crippen LogP contribution in [-0.2, 0) is 39.8 Å². The number of epoxide rings is 1. The number of fused-ring (bicyclic) bond motifs is 5. The molecule has 0 amide bonds. The van der Waals surface area contributed by atoms with Crippen molar-refractivity contribution in [2.75, 3.05) is 26.4 Å². The number of Topliss-reactive ketones (excluding diaryl/α,β-unsaturated/α-hetero) is 1. The van der Waals surface area contributed by atoms with Crippen molar-refractivity contribution < 1.29 is 53.1 Å². The van der Waals surface area contributed by atoms with Crippen molar-refractivity contribution in [3.63, 3.8) is 0 Å². The molecule has 23 atom stereocenters. The Morgan fingerprint density at radius 1 is 0.973 bits per heavy atom. The van der Waals surface area contributed by atoms with E-state index in [9.17, 15) is 20.1 Å². The quantitative estimate of drug-likeness (QED) is 0.132. The molecule has 0 unspecified atom stereocenters. The van der Waals surface area contributed by atoms with Crippen LogP contribution in [0.5, 0.6) is 0 Å². The van der Waals surface area contributed by atoms with Crippen LogP contribution in [-0.4, -0.2) is 106 Å². The first-order chi connectivity index (χ1) is 35.1. The van der Waals surface area contributed by atoms with Crippen molar-refractivity contribution in [1.29, 1.82) is 0 Å². The van der Waals surface area contributed by atoms with Gasteiger partial charge in [-0.05, 0) is 185 Å². The molecule has 13 heteroatoms. The summed E-state index contributed by atoms with van der Waals surface area (Å²) in [5.74, 6) is 0.0731. The van der Waals surface area contributed by atoms with E-state index in [1.165, 1.54) is 37.7 Å². The summed E-state index contributed by atoms with van der Waals surface area (Å²) in [6.07, 6.45) is 21.7. The molecule has 392 valence electrons. The van der Waals surface area contributed by atoms with Crippen LogP contribution < -0.4 is 5.32 Å². The van der Waals surface area contributed by atoms with Gasteiger partial charge in [0.2, 0.25) is 0 Å². The molecule has 0 aromatic carbocycles. The highest BCUT2D eigenvalue weighted by molar-refractivity contribution is 5.94. The Labute approximate surface area is 428 Å². The molecule has 5 saturated heterocycles. The summed E-state index contributed by atoms with van der Waals surface area (Å²) in [4.78, 5) is 49.7. The highest BCUT2D eigenvalue weighted by Crippen LogP contribution is 2.95. The van der Waals surface area contributed by atoms with Gasteiger partial charge >= 0.3 is 11.9 Å². The normalized spacial score (nSPS) is 56.8. The lowest BCUT2D eigenvalue weighted by Gasteiger charge is -2.74. The molecular formula is C60H76N2O11. The fraction of sp³-hybridized carbons (Fsp3) is 0.817. The van der Waals surface area contributed by atoms with Crippen LogP contribution in [0.2, 0.25) is 0 Å². The molecule has 1 aromatic heterocycles. The fourth-order valence-corrected chi connectivity index (χ4v) is 26.0. The van der Waals surface area contributed by atoms with Gasteiger partial charge < -0.3 is 43.6 Å². The third kappa shape index (κ3) is 4.43. The minimum Gasteiger partial charge on any atom is -0.469 e. The third-order valence-electron chi connectivity index (χ3n) is 27.4. The fourth-order valence-electron chi connectivity index (χ4n) is 26.0. The van der Waals surface area contributed by atoms with E-state index in [-0.39, 0.29) is 65.4 Å². The van der Waals surface area contributed by atoms with Gasteiger partial charge in [0.15, 0.2) is 11.9 Å². The Balaban J connectivity index is 0.837. The number of rotatable bonds is 6. The van der Waals surface area contributed by atoms with E-state index in [1.54, 1.807) is 6.26 Å². The van der Waals surface area contributed by atoms with Crippen molar-refractivity contribution >= 4 is 17.7 Å². The van der Waals surface area contributed by atoms with Gasteiger partial charge in [-0.3, -0.25) is 14.9 Å². The number of hydrogen-bond acceptors (Lipinski definition) is 13. The van der Waals surface area contributed by atoms with Gasteiger partial charge in [-0.2, -0.15) is 0 Å². The van der Waals surface area contributed by atoms with E-state index in [4.69, 9.17) is 23.4 Å². The van der Waals surface area contributed by atoms with Gasteiger partial charge in [-0.1, -0.05) is 38.8 Å². The van der Waals surface area contributed by atoms with Crippen LogP contribution >= 0.6 is 0 Å². The molecular weight excluding hydrogens is 925 g/mol. The molecule has 1 aromatic rings. The second-order valence-corrected chi connectivity index (χ2v) is 28.9. The van der Waals surface area contributed by atoms with E-state index in [0.29, 0.717) is 55.2 Å². The van der Waals surface area contributed by atoms with Crippen molar-refractivity contribution in [2.45, 2.75) is 184 Å². The van der Waals surface area contributed by atoms with Gasteiger partial charge in [-0.25, -0.2) is 4.79 Å². The third-order valence-corrected chi connectivity index (χ3v) is 27.4. The lowest BCUT2D eigenvalue weighted by molar-refractivity contribution is -0.317. The minimum atomic E-state index is -1.47. The van der Waals surface area contributed by atoms with Gasteiger partial charge in [-0.15, -0.1) is 0 Å². The maximum atomic E-state index is 16.2. The molecule has 17 rings (SSSR count). The summed E-state index contributed by atoms with van der Waals surface area (Å²) >= 11 is 0. The molecule has 73 heavy (non-hydrogen) atoms. The second kappa shape index (κ2) is 13.6. The molecule has 16 aliphatic rings. The average Bonchev–Trinajstić information content (AvgIpc) is 4.15. The number of carbonyl (C=O) groups excluding carboxylic acids is 3. The summed E-state index contributed by atoms with van der Waals surface area (Å²) < 4.78 is 35.6. The summed E-state index contributed by atoms with van der Waals surface area (Å²) in [5, 5.41) is 39.6. The maximum absolute atomic E-state index is 16.2. The summed E-state index contributed by atoms with van der Waals surface area (Å²) in [7, 11) is 0. The number of cyclic esters (lactones) is 2. The van der Waals surface area contributed by atoms with Crippen LogP contribution in [0.15, 0.2) is 40.7 Å². The van der Waals surface area contributed by atoms with E-state index in [1.807, 2.05) is 6.07 Å². The first kappa shape index (κ1) is 45.0. The van der Waals surface area contributed by atoms with Crippen molar-refractivity contribution in [3.05, 3.63) is 47.6 Å². The standard InChI is InChI=1S/C60H76N2O11/c1-51-23-33-24-58-34-9-16-55(58)28-54(13-4-5-14-54)25-36(55)10-17-57(58)50(68)70-29-56-44(33)53(3,46(66)43(65)45(56)52(2)15-8-35(21-34)59(56,57)73-52)60(51)48(72-60)49(67)71-47(51)38-12-19-69-42(38)22-39(41(64)27-63)31-6-7-37-32(20-31)11-18-62-30-61-26-40(37)62/h8,11-12,18-19,31-34,36-37,39-41,44-48,61,63-64,66H,4-7,9-10,13-17,20-30H2,1-3H3/t31-,32+,33-,34+,36+,37-,39-,40-,41+,44-,45+,46+,47-,48+,51-,52-,53-,55-,56+,57-,58-,59+,60+/m0/s1. The summed E-state index contributed by atoms with van der Waals surface area (Å²) in [6.45, 7) is 7.96. The number of carbonyl (C=O) groups is 3. The molecule has 7 aliphatic heterocycles. The number of ether oxygens (including phenoxy) is 4. The number of esters is 2. The Hall–Kier alpha value is -3.07. The molecule has 5 bridgehead atoms. The summed E-state index contributed by atoms with van der Waals surface area (Å²) in [6, 6.07) is 2.41.